The van der Waals surface area contributed by atoms with Crippen LogP contribution in [0.3, 0.4) is 0 Å². The molecule has 0 aromatic heterocycles. The lowest BCUT2D eigenvalue weighted by Gasteiger charge is -2.26. The first kappa shape index (κ1) is 21.6. The van der Waals surface area contributed by atoms with Gasteiger partial charge in [0, 0.05) is 36.5 Å². The van der Waals surface area contributed by atoms with Crippen molar-refractivity contribution in [3.8, 4) is 0 Å². The predicted molar refractivity (Wildman–Crippen MR) is 117 cm³/mol. The summed E-state index contributed by atoms with van der Waals surface area (Å²) in [5, 5.41) is 6.70. The molecule has 1 aromatic carbocycles. The molecule has 1 saturated heterocycles. The van der Waals surface area contributed by atoms with Crippen LogP contribution in [0, 0.1) is 0 Å². The van der Waals surface area contributed by atoms with Crippen molar-refractivity contribution in [2.75, 3.05) is 32.4 Å². The highest BCUT2D eigenvalue weighted by molar-refractivity contribution is 7.99. The zero-order valence-corrected chi connectivity index (χ0v) is 18.0. The molecule has 1 amide bonds. The highest BCUT2D eigenvalue weighted by atomic mass is 32.2. The lowest BCUT2D eigenvalue weighted by molar-refractivity contribution is 0.0724. The number of rotatable bonds is 7. The molecule has 1 aliphatic rings. The van der Waals surface area contributed by atoms with Gasteiger partial charge in [0.2, 0.25) is 0 Å². The Morgan fingerprint density at radius 2 is 1.81 bits per heavy atom. The Kier molecular flexibility index (Phi) is 8.48. The number of nitrogens with one attached hydrogen (secondary N) is 2. The average molecular weight is 391 g/mol. The Balaban J connectivity index is 1.94. The molecule has 1 aromatic rings. The molecule has 0 atom stereocenters. The van der Waals surface area contributed by atoms with E-state index in [4.69, 9.17) is 0 Å². The number of hydrogen-bond donors (Lipinski definition) is 2. The fourth-order valence-electron chi connectivity index (χ4n) is 2.91. The van der Waals surface area contributed by atoms with Crippen molar-refractivity contribution in [1.82, 2.24) is 15.5 Å². The fraction of sp³-hybridized carbons (Fsp3) is 0.619. The molecule has 0 bridgehead atoms. The van der Waals surface area contributed by atoms with Crippen LogP contribution in [0.25, 0.3) is 0 Å². The molecule has 1 aliphatic heterocycles. The molecule has 0 spiro atoms. The summed E-state index contributed by atoms with van der Waals surface area (Å²) in [5.74, 6) is 0.979. The largest absolute Gasteiger partial charge is 0.357 e. The van der Waals surface area contributed by atoms with E-state index in [0.29, 0.717) is 6.54 Å². The van der Waals surface area contributed by atoms with Crippen LogP contribution in [0.2, 0.25) is 0 Å². The van der Waals surface area contributed by atoms with Gasteiger partial charge in [-0.25, -0.2) is 4.99 Å². The normalized spacial score (nSPS) is 15.6. The third kappa shape index (κ3) is 7.09. The topological polar surface area (TPSA) is 56.7 Å². The fourth-order valence-corrected chi connectivity index (χ4v) is 3.13. The number of likely N-dealkylation sites (tertiary alicyclic amines) is 1. The predicted octanol–water partition coefficient (Wildman–Crippen LogP) is 3.51. The van der Waals surface area contributed by atoms with Gasteiger partial charge < -0.3 is 15.5 Å². The zero-order chi connectivity index (χ0) is 19.7. The standard InChI is InChI=1S/C21H34N4OS/c1-5-22-20(24-16-21(2,3)27-4)23-15-17-9-11-18(12-10-17)19(26)25-13-7-6-8-14-25/h9-12H,5-8,13-16H2,1-4H3,(H2,22,23,24). The van der Waals surface area contributed by atoms with Gasteiger partial charge in [-0.3, -0.25) is 4.79 Å². The van der Waals surface area contributed by atoms with Crippen LogP contribution in [0.4, 0.5) is 0 Å². The van der Waals surface area contributed by atoms with Crippen LogP contribution < -0.4 is 10.6 Å². The van der Waals surface area contributed by atoms with E-state index in [1.54, 1.807) is 0 Å². The van der Waals surface area contributed by atoms with Crippen molar-refractivity contribution in [3.05, 3.63) is 35.4 Å². The lowest BCUT2D eigenvalue weighted by atomic mass is 10.1. The first-order valence-corrected chi connectivity index (χ1v) is 11.1. The minimum Gasteiger partial charge on any atom is -0.357 e. The van der Waals surface area contributed by atoms with Gasteiger partial charge in [0.25, 0.3) is 5.91 Å². The Morgan fingerprint density at radius 1 is 1.15 bits per heavy atom. The first-order chi connectivity index (χ1) is 12.9. The molecule has 0 unspecified atom stereocenters. The van der Waals surface area contributed by atoms with Crippen LogP contribution in [0.15, 0.2) is 29.3 Å². The minimum absolute atomic E-state index is 0.152. The molecule has 0 saturated carbocycles. The molecule has 27 heavy (non-hydrogen) atoms. The summed E-state index contributed by atoms with van der Waals surface area (Å²) in [6.45, 7) is 10.5. The molecule has 5 nitrogen and oxygen atoms in total. The monoisotopic (exact) mass is 390 g/mol. The van der Waals surface area contributed by atoms with E-state index in [0.717, 1.165) is 56.1 Å². The van der Waals surface area contributed by atoms with Gasteiger partial charge in [-0.1, -0.05) is 12.1 Å². The van der Waals surface area contributed by atoms with Crippen LogP contribution in [0.5, 0.6) is 0 Å². The maximum atomic E-state index is 12.5. The molecular weight excluding hydrogens is 356 g/mol. The average Bonchev–Trinajstić information content (AvgIpc) is 2.70. The smallest absolute Gasteiger partial charge is 0.253 e. The van der Waals surface area contributed by atoms with Gasteiger partial charge in [0.05, 0.1) is 6.54 Å². The third-order valence-corrected chi connectivity index (χ3v) is 6.09. The number of aliphatic imine (C=N–C) groups is 1. The van der Waals surface area contributed by atoms with Crippen molar-refractivity contribution in [2.45, 2.75) is 51.3 Å². The number of hydrogen-bond acceptors (Lipinski definition) is 3. The SMILES string of the molecule is CCNC(=NCc1ccc(C(=O)N2CCCCC2)cc1)NCC(C)(C)SC. The highest BCUT2D eigenvalue weighted by Gasteiger charge is 2.18. The van der Waals surface area contributed by atoms with Crippen LogP contribution in [0.1, 0.15) is 56.0 Å². The van der Waals surface area contributed by atoms with Gasteiger partial charge in [-0.2, -0.15) is 11.8 Å². The molecule has 0 aliphatic carbocycles. The molecule has 2 N–H and O–H groups in total. The number of carbonyl (C=O) groups excluding carboxylic acids is 1. The Hall–Kier alpha value is -1.69. The van der Waals surface area contributed by atoms with Gasteiger partial charge >= 0.3 is 0 Å². The van der Waals surface area contributed by atoms with Gasteiger partial charge in [-0.15, -0.1) is 0 Å². The molecule has 1 heterocycles. The van der Waals surface area contributed by atoms with Crippen LogP contribution >= 0.6 is 11.8 Å². The quantitative estimate of drug-likeness (QED) is 0.553. The summed E-state index contributed by atoms with van der Waals surface area (Å²) < 4.78 is 0.159. The molecule has 6 heteroatoms. The second-order valence-electron chi connectivity index (χ2n) is 7.56. The summed E-state index contributed by atoms with van der Waals surface area (Å²) in [6, 6.07) is 7.88. The minimum atomic E-state index is 0.152. The Bertz CT molecular complexity index is 622. The van der Waals surface area contributed by atoms with Crippen LogP contribution in [-0.4, -0.2) is 53.9 Å². The molecule has 1 fully saturated rings. The van der Waals surface area contributed by atoms with Crippen molar-refractivity contribution in [3.63, 3.8) is 0 Å². The number of nitrogens with zero attached hydrogens (tertiary/aromatic N) is 2. The summed E-state index contributed by atoms with van der Waals surface area (Å²) in [7, 11) is 0. The summed E-state index contributed by atoms with van der Waals surface area (Å²) >= 11 is 1.84. The second-order valence-corrected chi connectivity index (χ2v) is 9.08. The number of carbonyl (C=O) groups is 1. The van der Waals surface area contributed by atoms with E-state index in [2.05, 4.69) is 42.7 Å². The number of thioether (sulfide) groups is 1. The molecule has 2 rings (SSSR count). The second kappa shape index (κ2) is 10.6. The van der Waals surface area contributed by atoms with E-state index in [1.807, 2.05) is 40.9 Å². The Labute approximate surface area is 168 Å². The van der Waals surface area contributed by atoms with Crippen molar-refractivity contribution in [1.29, 1.82) is 0 Å². The molecule has 150 valence electrons. The van der Waals surface area contributed by atoms with Gasteiger partial charge in [0.1, 0.15) is 0 Å². The van der Waals surface area contributed by atoms with Gasteiger partial charge in [0.15, 0.2) is 5.96 Å². The van der Waals surface area contributed by atoms with E-state index >= 15 is 0 Å². The van der Waals surface area contributed by atoms with Crippen molar-refractivity contribution >= 4 is 23.6 Å². The van der Waals surface area contributed by atoms with E-state index < -0.39 is 0 Å². The summed E-state index contributed by atoms with van der Waals surface area (Å²) in [4.78, 5) is 19.2. The van der Waals surface area contributed by atoms with E-state index in [9.17, 15) is 4.79 Å². The number of amides is 1. The summed E-state index contributed by atoms with van der Waals surface area (Å²) in [6.07, 6.45) is 5.59. The number of guanidine groups is 1. The molecule has 0 radical (unpaired) electrons. The zero-order valence-electron chi connectivity index (χ0n) is 17.2. The first-order valence-electron chi connectivity index (χ1n) is 9.91. The maximum Gasteiger partial charge on any atom is 0.253 e. The maximum absolute atomic E-state index is 12.5. The van der Waals surface area contributed by atoms with Crippen molar-refractivity contribution in [2.24, 2.45) is 4.99 Å². The summed E-state index contributed by atoms with van der Waals surface area (Å²) in [5.41, 5.74) is 1.88. The van der Waals surface area contributed by atoms with E-state index in [1.165, 1.54) is 6.42 Å². The van der Waals surface area contributed by atoms with Crippen molar-refractivity contribution < 1.29 is 4.79 Å². The van der Waals surface area contributed by atoms with Crippen LogP contribution in [-0.2, 0) is 6.54 Å². The lowest BCUT2D eigenvalue weighted by Crippen LogP contribution is -2.43. The number of piperidine rings is 1. The Morgan fingerprint density at radius 3 is 2.41 bits per heavy atom. The number of benzene rings is 1. The van der Waals surface area contributed by atoms with Gasteiger partial charge in [-0.05, 0) is 64.0 Å². The molecular formula is C21H34N4OS. The van der Waals surface area contributed by atoms with E-state index in [-0.39, 0.29) is 10.7 Å². The third-order valence-electron chi connectivity index (χ3n) is 4.84. The highest BCUT2D eigenvalue weighted by Crippen LogP contribution is 2.19.